The predicted octanol–water partition coefficient (Wildman–Crippen LogP) is 2.09. The van der Waals surface area contributed by atoms with E-state index in [1.165, 1.54) is 6.07 Å². The molecule has 6 heteroatoms. The highest BCUT2D eigenvalue weighted by atomic mass is 16.6. The molecule has 0 radical (unpaired) electrons. The lowest BCUT2D eigenvalue weighted by Crippen LogP contribution is -2.25. The van der Waals surface area contributed by atoms with Gasteiger partial charge in [0.05, 0.1) is 23.6 Å². The normalized spacial score (nSPS) is 11.7. The molecule has 0 bridgehead atoms. The van der Waals surface area contributed by atoms with E-state index >= 15 is 0 Å². The molecular weight excluding hydrogens is 246 g/mol. The summed E-state index contributed by atoms with van der Waals surface area (Å²) in [5.41, 5.74) is 1.52. The van der Waals surface area contributed by atoms with Crippen molar-refractivity contribution in [3.05, 3.63) is 33.4 Å². The van der Waals surface area contributed by atoms with Crippen LogP contribution in [-0.4, -0.2) is 24.6 Å². The molecule has 0 aliphatic rings. The van der Waals surface area contributed by atoms with Gasteiger partial charge in [0.2, 0.25) is 0 Å². The van der Waals surface area contributed by atoms with Crippen molar-refractivity contribution in [1.29, 1.82) is 5.26 Å². The Kier molecular flexibility index (Phi) is 5.27. The topological polar surface area (TPSA) is 88.2 Å². The number of nitriles is 1. The zero-order valence-electron chi connectivity index (χ0n) is 11.3. The first-order chi connectivity index (χ1) is 8.99. The standard InChI is InChI=1S/C13H17N3O3/c1-9-6-10(2)13(12(7-9)16(17)18)19-5-4-11(8-14)15-3/h6-7,11,15H,4-5H2,1-3H3. The van der Waals surface area contributed by atoms with Crippen molar-refractivity contribution in [2.45, 2.75) is 26.3 Å². The molecule has 0 saturated carbocycles. The van der Waals surface area contributed by atoms with Crippen molar-refractivity contribution >= 4 is 5.69 Å². The first-order valence-electron chi connectivity index (χ1n) is 5.95. The van der Waals surface area contributed by atoms with Gasteiger partial charge in [-0.3, -0.25) is 10.1 Å². The quantitative estimate of drug-likeness (QED) is 0.627. The third-order valence-corrected chi connectivity index (χ3v) is 2.75. The molecule has 0 amide bonds. The van der Waals surface area contributed by atoms with E-state index in [2.05, 4.69) is 11.4 Å². The average molecular weight is 263 g/mol. The summed E-state index contributed by atoms with van der Waals surface area (Å²) in [7, 11) is 1.69. The molecule has 0 saturated heterocycles. The predicted molar refractivity (Wildman–Crippen MR) is 71.1 cm³/mol. The van der Waals surface area contributed by atoms with Crippen molar-refractivity contribution < 1.29 is 9.66 Å². The maximum atomic E-state index is 11.0. The molecule has 6 nitrogen and oxygen atoms in total. The molecule has 1 aromatic carbocycles. The molecule has 1 N–H and O–H groups in total. The number of rotatable bonds is 6. The van der Waals surface area contributed by atoms with E-state index in [0.717, 1.165) is 11.1 Å². The molecule has 0 fully saturated rings. The number of ether oxygens (including phenoxy) is 1. The Hall–Kier alpha value is -2.13. The smallest absolute Gasteiger partial charge is 0.311 e. The number of nitrogens with zero attached hydrogens (tertiary/aromatic N) is 2. The highest BCUT2D eigenvalue weighted by Crippen LogP contribution is 2.32. The van der Waals surface area contributed by atoms with E-state index in [-0.39, 0.29) is 24.1 Å². The lowest BCUT2D eigenvalue weighted by Gasteiger charge is -2.12. The minimum absolute atomic E-state index is 0.0320. The monoisotopic (exact) mass is 263 g/mol. The van der Waals surface area contributed by atoms with Crippen molar-refractivity contribution in [3.8, 4) is 11.8 Å². The van der Waals surface area contributed by atoms with Crippen molar-refractivity contribution in [1.82, 2.24) is 5.32 Å². The van der Waals surface area contributed by atoms with Crippen LogP contribution in [0.2, 0.25) is 0 Å². The Labute approximate surface area is 112 Å². The molecule has 0 spiro atoms. The van der Waals surface area contributed by atoms with Crippen LogP contribution in [-0.2, 0) is 0 Å². The lowest BCUT2D eigenvalue weighted by molar-refractivity contribution is -0.386. The zero-order chi connectivity index (χ0) is 14.4. The van der Waals surface area contributed by atoms with Gasteiger partial charge in [0.15, 0.2) is 5.75 Å². The average Bonchev–Trinajstić information content (AvgIpc) is 2.36. The Morgan fingerprint density at radius 3 is 2.74 bits per heavy atom. The van der Waals surface area contributed by atoms with Crippen LogP contribution in [0.5, 0.6) is 5.75 Å². The van der Waals surface area contributed by atoms with Crippen LogP contribution in [0.1, 0.15) is 17.5 Å². The maximum absolute atomic E-state index is 11.0. The largest absolute Gasteiger partial charge is 0.487 e. The van der Waals surface area contributed by atoms with Crippen LogP contribution in [0.3, 0.4) is 0 Å². The van der Waals surface area contributed by atoms with Gasteiger partial charge in [-0.25, -0.2) is 0 Å². The molecule has 1 unspecified atom stereocenters. The third-order valence-electron chi connectivity index (χ3n) is 2.75. The first-order valence-corrected chi connectivity index (χ1v) is 5.95. The van der Waals surface area contributed by atoms with Crippen molar-refractivity contribution in [3.63, 3.8) is 0 Å². The second-order valence-corrected chi connectivity index (χ2v) is 4.29. The van der Waals surface area contributed by atoms with Crippen LogP contribution in [0.15, 0.2) is 12.1 Å². The van der Waals surface area contributed by atoms with Gasteiger partial charge < -0.3 is 10.1 Å². The number of nitro benzene ring substituents is 1. The second-order valence-electron chi connectivity index (χ2n) is 4.29. The second kappa shape index (κ2) is 6.71. The zero-order valence-corrected chi connectivity index (χ0v) is 11.3. The van der Waals surface area contributed by atoms with Gasteiger partial charge >= 0.3 is 5.69 Å². The fourth-order valence-corrected chi connectivity index (χ4v) is 1.81. The highest BCUT2D eigenvalue weighted by Gasteiger charge is 2.18. The van der Waals surface area contributed by atoms with E-state index in [1.54, 1.807) is 20.9 Å². The van der Waals surface area contributed by atoms with Gasteiger partial charge in [-0.05, 0) is 32.0 Å². The van der Waals surface area contributed by atoms with Crippen molar-refractivity contribution in [2.24, 2.45) is 0 Å². The summed E-state index contributed by atoms with van der Waals surface area (Å²) in [6.45, 7) is 3.83. The highest BCUT2D eigenvalue weighted by molar-refractivity contribution is 5.53. The van der Waals surface area contributed by atoms with Crippen LogP contribution in [0.25, 0.3) is 0 Å². The molecule has 1 atom stereocenters. The number of aryl methyl sites for hydroxylation is 2. The first kappa shape index (κ1) is 14.9. The van der Waals surface area contributed by atoms with E-state index in [9.17, 15) is 10.1 Å². The fourth-order valence-electron chi connectivity index (χ4n) is 1.81. The Morgan fingerprint density at radius 1 is 1.53 bits per heavy atom. The Bertz CT molecular complexity index is 509. The molecule has 0 aliphatic carbocycles. The van der Waals surface area contributed by atoms with Crippen LogP contribution >= 0.6 is 0 Å². The van der Waals surface area contributed by atoms with E-state index in [0.29, 0.717) is 6.42 Å². The molecule has 0 heterocycles. The number of nitro groups is 1. The number of benzene rings is 1. The van der Waals surface area contributed by atoms with Gasteiger partial charge in [0, 0.05) is 12.5 Å². The summed E-state index contributed by atoms with van der Waals surface area (Å²) >= 11 is 0. The molecule has 19 heavy (non-hydrogen) atoms. The van der Waals surface area contributed by atoms with Gasteiger partial charge in [0.25, 0.3) is 0 Å². The number of hydrogen-bond donors (Lipinski definition) is 1. The van der Waals surface area contributed by atoms with Gasteiger partial charge in [-0.1, -0.05) is 6.07 Å². The van der Waals surface area contributed by atoms with Gasteiger partial charge in [-0.2, -0.15) is 5.26 Å². The van der Waals surface area contributed by atoms with E-state index < -0.39 is 4.92 Å². The van der Waals surface area contributed by atoms with Crippen LogP contribution in [0, 0.1) is 35.3 Å². The SMILES string of the molecule is CNC(C#N)CCOc1c(C)cc(C)cc1[N+](=O)[O-]. The summed E-state index contributed by atoms with van der Waals surface area (Å²) in [6.07, 6.45) is 0.470. The summed E-state index contributed by atoms with van der Waals surface area (Å²) < 4.78 is 5.49. The third kappa shape index (κ3) is 3.93. The van der Waals surface area contributed by atoms with Gasteiger partial charge in [-0.15, -0.1) is 0 Å². The minimum Gasteiger partial charge on any atom is -0.487 e. The number of hydrogen-bond acceptors (Lipinski definition) is 5. The molecule has 102 valence electrons. The van der Waals surface area contributed by atoms with E-state index in [4.69, 9.17) is 10.00 Å². The van der Waals surface area contributed by atoms with Crippen molar-refractivity contribution in [2.75, 3.05) is 13.7 Å². The summed E-state index contributed by atoms with van der Waals surface area (Å²) in [5.74, 6) is 0.281. The molecule has 0 aliphatic heterocycles. The van der Waals surface area contributed by atoms with Crippen LogP contribution in [0.4, 0.5) is 5.69 Å². The van der Waals surface area contributed by atoms with E-state index in [1.807, 2.05) is 6.07 Å². The Morgan fingerprint density at radius 2 is 2.21 bits per heavy atom. The minimum atomic E-state index is -0.449. The van der Waals surface area contributed by atoms with Crippen LogP contribution < -0.4 is 10.1 Å². The number of nitrogens with one attached hydrogen (secondary N) is 1. The molecule has 1 rings (SSSR count). The molecule has 0 aromatic heterocycles. The molecule has 1 aromatic rings. The maximum Gasteiger partial charge on any atom is 0.311 e. The molecular formula is C13H17N3O3. The fraction of sp³-hybridized carbons (Fsp3) is 0.462. The Balaban J connectivity index is 2.83. The summed E-state index contributed by atoms with van der Waals surface area (Å²) in [4.78, 5) is 10.5. The lowest BCUT2D eigenvalue weighted by atomic mass is 10.1. The summed E-state index contributed by atoms with van der Waals surface area (Å²) in [5, 5.41) is 22.6. The van der Waals surface area contributed by atoms with Gasteiger partial charge in [0.1, 0.15) is 0 Å². The summed E-state index contributed by atoms with van der Waals surface area (Å²) in [6, 6.07) is 5.08.